The molecule has 0 aromatic heterocycles. The molecule has 0 aliphatic heterocycles. The Balaban J connectivity index is 5.25. The Kier molecular flexibility index (Phi) is 6.38. The molecule has 0 aliphatic carbocycles. The predicted molar refractivity (Wildman–Crippen MR) is 73.8 cm³/mol. The second kappa shape index (κ2) is 6.77. The van der Waals surface area contributed by atoms with Crippen LogP contribution in [0.4, 0.5) is 0 Å². The number of nitrogens with zero attached hydrogens (tertiary/aromatic N) is 1. The van der Waals surface area contributed by atoms with Crippen LogP contribution in [0.3, 0.4) is 0 Å². The van der Waals surface area contributed by atoms with Gasteiger partial charge in [-0.25, -0.2) is 4.79 Å². The number of methoxy groups -OCH3 is 1. The number of carbonyl (C=O) groups is 1. The summed E-state index contributed by atoms with van der Waals surface area (Å²) in [6, 6.07) is 0. The largest absolute Gasteiger partial charge is 0.461 e. The molecule has 18 heavy (non-hydrogen) atoms. The normalized spacial score (nSPS) is 13.3. The smallest absolute Gasteiger partial charge is 0.401 e. The summed E-state index contributed by atoms with van der Waals surface area (Å²) in [4.78, 5) is 11.3. The average molecular weight is 275 g/mol. The molecule has 0 saturated carbocycles. The summed E-state index contributed by atoms with van der Waals surface area (Å²) in [6.45, 7) is 12.4. The third-order valence-electron chi connectivity index (χ3n) is 3.37. The fourth-order valence-electron chi connectivity index (χ4n) is 2.64. The molecule has 5 nitrogen and oxygen atoms in total. The zero-order chi connectivity index (χ0) is 14.5. The third-order valence-corrected chi connectivity index (χ3v) is 9.28. The van der Waals surface area contributed by atoms with E-state index in [1.807, 2.05) is 0 Å². The highest BCUT2D eigenvalue weighted by Gasteiger charge is 2.44. The van der Waals surface area contributed by atoms with Gasteiger partial charge in [-0.05, 0) is 16.6 Å². The fraction of sp³-hybridized carbons (Fsp3) is 0.833. The van der Waals surface area contributed by atoms with Crippen LogP contribution >= 0.6 is 0 Å². The van der Waals surface area contributed by atoms with Gasteiger partial charge in [0.25, 0.3) is 0 Å². The topological polar surface area (TPSA) is 61.6 Å². The van der Waals surface area contributed by atoms with Crippen molar-refractivity contribution in [3.8, 4) is 0 Å². The summed E-state index contributed by atoms with van der Waals surface area (Å²) >= 11 is 0. The van der Waals surface area contributed by atoms with E-state index in [4.69, 9.17) is 4.53 Å². The van der Waals surface area contributed by atoms with E-state index in [-0.39, 0.29) is 21.5 Å². The Morgan fingerprint density at radius 3 is 1.78 bits per heavy atom. The summed E-state index contributed by atoms with van der Waals surface area (Å²) in [6.07, 6.45) is 0.800. The Bertz CT molecular complexity index is 291. The van der Waals surface area contributed by atoms with Crippen LogP contribution in [-0.4, -0.2) is 32.5 Å². The molecule has 106 valence electrons. The van der Waals surface area contributed by atoms with Gasteiger partial charge in [0.15, 0.2) is 0 Å². The van der Waals surface area contributed by atoms with Crippen molar-refractivity contribution in [2.24, 2.45) is 0 Å². The van der Waals surface area contributed by atoms with Crippen molar-refractivity contribution < 1.29 is 19.0 Å². The maximum atomic E-state index is 11.7. The Morgan fingerprint density at radius 2 is 1.50 bits per heavy atom. The van der Waals surface area contributed by atoms with Gasteiger partial charge in [0.05, 0.1) is 7.11 Å². The number of hydrogen-bond acceptors (Lipinski definition) is 4. The minimum Gasteiger partial charge on any atom is -0.461 e. The summed E-state index contributed by atoms with van der Waals surface area (Å²) in [5, 5.41) is 11.7. The van der Waals surface area contributed by atoms with Gasteiger partial charge < -0.3 is 9.26 Å². The fourth-order valence-corrected chi connectivity index (χ4v) is 7.63. The molecule has 0 unspecified atom stereocenters. The molecule has 0 spiro atoms. The van der Waals surface area contributed by atoms with Gasteiger partial charge in [0.2, 0.25) is 8.32 Å². The molecule has 6 heteroatoms. The molecule has 0 N–H and O–H groups in total. The first kappa shape index (κ1) is 17.0. The first-order valence-corrected chi connectivity index (χ1v) is 8.40. The molecule has 0 aliphatic rings. The second-order valence-corrected chi connectivity index (χ2v) is 10.7. The van der Waals surface area contributed by atoms with E-state index >= 15 is 0 Å². The van der Waals surface area contributed by atoms with Crippen LogP contribution in [0, 0.1) is 5.21 Å². The van der Waals surface area contributed by atoms with Crippen LogP contribution < -0.4 is 0 Å². The molecular formula is C12H25NO4Si. The lowest BCUT2D eigenvalue weighted by molar-refractivity contribution is -0.701. The van der Waals surface area contributed by atoms with E-state index < -0.39 is 14.3 Å². The van der Waals surface area contributed by atoms with Crippen LogP contribution in [0.2, 0.25) is 16.6 Å². The Morgan fingerprint density at radius 1 is 1.11 bits per heavy atom. The lowest BCUT2D eigenvalue weighted by Crippen LogP contribution is -2.49. The molecule has 0 rings (SSSR count). The highest BCUT2D eigenvalue weighted by Crippen LogP contribution is 2.42. The van der Waals surface area contributed by atoms with Crippen LogP contribution in [0.25, 0.3) is 0 Å². The summed E-state index contributed by atoms with van der Waals surface area (Å²) < 4.78 is 10.1. The van der Waals surface area contributed by atoms with Crippen molar-refractivity contribution in [2.45, 2.75) is 58.2 Å². The van der Waals surface area contributed by atoms with E-state index in [2.05, 4.69) is 46.3 Å². The van der Waals surface area contributed by atoms with Crippen molar-refractivity contribution in [1.82, 2.24) is 0 Å². The van der Waals surface area contributed by atoms with E-state index in [1.54, 1.807) is 0 Å². The van der Waals surface area contributed by atoms with E-state index in [0.717, 1.165) is 6.21 Å². The number of hydrogen-bond donors (Lipinski definition) is 0. The third kappa shape index (κ3) is 3.73. The van der Waals surface area contributed by atoms with Crippen molar-refractivity contribution in [3.05, 3.63) is 5.21 Å². The summed E-state index contributed by atoms with van der Waals surface area (Å²) in [5.74, 6) is -0.704. The van der Waals surface area contributed by atoms with E-state index in [0.29, 0.717) is 0 Å². The van der Waals surface area contributed by atoms with Gasteiger partial charge in [-0.2, -0.15) is 0 Å². The van der Waals surface area contributed by atoms with E-state index in [1.165, 1.54) is 7.11 Å². The molecule has 0 fully saturated rings. The molecule has 0 bridgehead atoms. The Labute approximate surface area is 110 Å². The number of carbonyl (C=O) groups excluding carboxylic acids is 1. The molecule has 0 aromatic carbocycles. The number of ether oxygens (including phenoxy) is 1. The van der Waals surface area contributed by atoms with Crippen LogP contribution in [-0.2, 0) is 14.1 Å². The maximum absolute atomic E-state index is 11.7. The zero-order valence-corrected chi connectivity index (χ0v) is 13.4. The van der Waals surface area contributed by atoms with Crippen molar-refractivity contribution >= 4 is 20.5 Å². The lowest BCUT2D eigenvalue weighted by Gasteiger charge is -2.43. The highest BCUT2D eigenvalue weighted by molar-refractivity contribution is 6.77. The van der Waals surface area contributed by atoms with Crippen molar-refractivity contribution in [3.63, 3.8) is 0 Å². The molecule has 0 saturated heterocycles. The number of rotatable bonds is 6. The van der Waals surface area contributed by atoms with Crippen LogP contribution in [0.5, 0.6) is 0 Å². The zero-order valence-electron chi connectivity index (χ0n) is 12.4. The van der Waals surface area contributed by atoms with Gasteiger partial charge in [-0.3, -0.25) is 5.21 Å². The number of esters is 1. The van der Waals surface area contributed by atoms with Crippen LogP contribution in [0.15, 0.2) is 0 Å². The molecular weight excluding hydrogens is 250 g/mol. The molecule has 0 radical (unpaired) electrons. The van der Waals surface area contributed by atoms with Gasteiger partial charge in [0, 0.05) is 4.90 Å². The lowest BCUT2D eigenvalue weighted by atomic mass is 10.5. The monoisotopic (exact) mass is 275 g/mol. The van der Waals surface area contributed by atoms with Crippen LogP contribution in [0.1, 0.15) is 41.5 Å². The second-order valence-electron chi connectivity index (χ2n) is 5.35. The van der Waals surface area contributed by atoms with Gasteiger partial charge in [-0.1, -0.05) is 41.5 Å². The highest BCUT2D eigenvalue weighted by atomic mass is 28.4. The van der Waals surface area contributed by atoms with Crippen molar-refractivity contribution in [1.29, 1.82) is 0 Å². The maximum Gasteiger partial charge on any atom is 0.401 e. The average Bonchev–Trinajstić information content (AvgIpc) is 2.23. The molecule has 0 heterocycles. The van der Waals surface area contributed by atoms with E-state index in [9.17, 15) is 10.0 Å². The summed E-state index contributed by atoms with van der Waals surface area (Å²) in [7, 11) is -1.07. The first-order chi connectivity index (χ1) is 8.18. The molecule has 0 aromatic rings. The summed E-state index contributed by atoms with van der Waals surface area (Å²) in [5.41, 5.74) is 0.833. The predicted octanol–water partition coefficient (Wildman–Crippen LogP) is 2.85. The molecule has 0 amide bonds. The minimum atomic E-state index is -2.30. The Hall–Kier alpha value is -1.04. The minimum absolute atomic E-state index is 0.276. The molecule has 0 atom stereocenters. The SMILES string of the molecule is COC(=O)/C=[N+](/[O-])O[Si](C(C)C)(C(C)C)C(C)C. The van der Waals surface area contributed by atoms with Crippen molar-refractivity contribution in [2.75, 3.05) is 7.11 Å². The first-order valence-electron chi connectivity index (χ1n) is 6.26. The van der Waals surface area contributed by atoms with Gasteiger partial charge >= 0.3 is 12.2 Å². The van der Waals surface area contributed by atoms with Gasteiger partial charge in [-0.15, -0.1) is 0 Å². The van der Waals surface area contributed by atoms with Gasteiger partial charge in [0.1, 0.15) is 0 Å². The quantitative estimate of drug-likeness (QED) is 0.246. The standard InChI is InChI=1S/C12H25NO4Si/c1-9(2)18(10(3)4,11(5)6)17-13(15)8-12(14)16-7/h8-11H,1-7H3/b13-8-.